The Bertz CT molecular complexity index is 432. The van der Waals surface area contributed by atoms with Gasteiger partial charge in [-0.2, -0.15) is 10.5 Å². The van der Waals surface area contributed by atoms with Crippen LogP contribution < -0.4 is 0 Å². The molecule has 0 bridgehead atoms. The van der Waals surface area contributed by atoms with E-state index in [4.69, 9.17) is 10.5 Å². The first-order valence-corrected chi connectivity index (χ1v) is 4.80. The van der Waals surface area contributed by atoms with Crippen LogP contribution >= 0.6 is 22.7 Å². The van der Waals surface area contributed by atoms with E-state index in [1.807, 2.05) is 12.1 Å². The molecular formula is C8H2N2S2. The minimum absolute atomic E-state index is 0.709. The zero-order chi connectivity index (χ0) is 8.55. The van der Waals surface area contributed by atoms with E-state index in [2.05, 4.69) is 12.1 Å². The third-order valence-corrected chi connectivity index (χ3v) is 3.63. The number of nitrogens with zero attached hydrogens (tertiary/aromatic N) is 2. The van der Waals surface area contributed by atoms with E-state index in [1.54, 1.807) is 0 Å². The van der Waals surface area contributed by atoms with Gasteiger partial charge >= 0.3 is 0 Å². The van der Waals surface area contributed by atoms with Crippen molar-refractivity contribution in [3.8, 4) is 12.1 Å². The van der Waals surface area contributed by atoms with Crippen molar-refractivity contribution in [1.29, 1.82) is 10.5 Å². The monoisotopic (exact) mass is 190 g/mol. The summed E-state index contributed by atoms with van der Waals surface area (Å²) in [5, 5.41) is 18.2. The van der Waals surface area contributed by atoms with Gasteiger partial charge in [-0.25, -0.2) is 0 Å². The van der Waals surface area contributed by atoms with Crippen LogP contribution in [0.25, 0.3) is 9.40 Å². The van der Waals surface area contributed by atoms with Gasteiger partial charge in [0.2, 0.25) is 0 Å². The van der Waals surface area contributed by atoms with Crippen molar-refractivity contribution in [1.82, 2.24) is 0 Å². The van der Waals surface area contributed by atoms with Crippen molar-refractivity contribution in [2.75, 3.05) is 0 Å². The smallest absolute Gasteiger partial charge is 0.110 e. The molecule has 2 heterocycles. The summed E-state index contributed by atoms with van der Waals surface area (Å²) in [6.45, 7) is 0. The number of nitriles is 2. The fourth-order valence-electron chi connectivity index (χ4n) is 0.950. The van der Waals surface area contributed by atoms with Crippen molar-refractivity contribution in [2.45, 2.75) is 0 Å². The predicted octanol–water partition coefficient (Wildman–Crippen LogP) is 2.71. The summed E-state index contributed by atoms with van der Waals surface area (Å²) in [6.07, 6.45) is 0. The molecule has 0 aliphatic rings. The molecule has 0 fully saturated rings. The first kappa shape index (κ1) is 7.30. The average molecular weight is 190 g/mol. The van der Waals surface area contributed by atoms with E-state index in [0.29, 0.717) is 9.75 Å². The van der Waals surface area contributed by atoms with Crippen LogP contribution in [0.5, 0.6) is 0 Å². The summed E-state index contributed by atoms with van der Waals surface area (Å²) in [7, 11) is 0. The lowest BCUT2D eigenvalue weighted by Gasteiger charge is -1.71. The first-order chi connectivity index (χ1) is 5.83. The van der Waals surface area contributed by atoms with Crippen molar-refractivity contribution < 1.29 is 0 Å². The second-order valence-corrected chi connectivity index (χ2v) is 4.55. The molecule has 0 spiro atoms. The second kappa shape index (κ2) is 2.60. The van der Waals surface area contributed by atoms with Crippen LogP contribution in [0.1, 0.15) is 9.75 Å². The Balaban J connectivity index is 2.71. The van der Waals surface area contributed by atoms with Gasteiger partial charge in [-0.3, -0.25) is 0 Å². The molecule has 12 heavy (non-hydrogen) atoms. The Morgan fingerprint density at radius 1 is 1.00 bits per heavy atom. The van der Waals surface area contributed by atoms with Gasteiger partial charge in [0, 0.05) is 5.39 Å². The molecule has 0 saturated carbocycles. The van der Waals surface area contributed by atoms with Gasteiger partial charge in [-0.05, 0) is 12.1 Å². The normalized spacial score (nSPS) is 9.50. The Morgan fingerprint density at radius 3 is 1.83 bits per heavy atom. The summed E-state index contributed by atoms with van der Waals surface area (Å²) in [4.78, 5) is 1.42. The summed E-state index contributed by atoms with van der Waals surface area (Å²) < 4.78 is 1.06. The predicted molar refractivity (Wildman–Crippen MR) is 49.1 cm³/mol. The Hall–Kier alpha value is -1.36. The van der Waals surface area contributed by atoms with E-state index in [-0.39, 0.29) is 0 Å². The number of hydrogen-bond acceptors (Lipinski definition) is 4. The summed E-state index contributed by atoms with van der Waals surface area (Å²) >= 11 is 2.88. The van der Waals surface area contributed by atoms with E-state index < -0.39 is 0 Å². The third kappa shape index (κ3) is 0.984. The highest BCUT2D eigenvalue weighted by atomic mass is 32.2. The fourth-order valence-corrected chi connectivity index (χ4v) is 2.99. The average Bonchev–Trinajstić information content (AvgIpc) is 2.59. The lowest BCUT2D eigenvalue weighted by Crippen LogP contribution is -1.57. The molecule has 2 aromatic rings. The molecule has 56 valence electrons. The number of hydrogen-bond donors (Lipinski definition) is 0. The van der Waals surface area contributed by atoms with E-state index in [9.17, 15) is 0 Å². The van der Waals surface area contributed by atoms with Crippen LogP contribution in [0.2, 0.25) is 0 Å². The SMILES string of the molecule is N#Cc1cc2cc(C#N)sc2s1. The lowest BCUT2D eigenvalue weighted by atomic mass is 10.3. The molecule has 0 radical (unpaired) electrons. The minimum atomic E-state index is 0.709. The number of thiophene rings is 2. The van der Waals surface area contributed by atoms with Crippen LogP contribution in [0, 0.1) is 22.7 Å². The minimum Gasteiger partial charge on any atom is -0.192 e. The quantitative estimate of drug-likeness (QED) is 0.641. The van der Waals surface area contributed by atoms with Crippen molar-refractivity contribution in [2.24, 2.45) is 0 Å². The molecule has 4 heteroatoms. The molecule has 2 rings (SSSR count). The molecule has 0 unspecified atom stereocenters. The Labute approximate surface area is 76.9 Å². The van der Waals surface area contributed by atoms with Gasteiger partial charge in [0.25, 0.3) is 0 Å². The molecule has 2 aromatic heterocycles. The zero-order valence-corrected chi connectivity index (χ0v) is 7.50. The van der Waals surface area contributed by atoms with Gasteiger partial charge in [0.1, 0.15) is 21.9 Å². The maximum Gasteiger partial charge on any atom is 0.110 e. The van der Waals surface area contributed by atoms with Crippen LogP contribution in [0.15, 0.2) is 12.1 Å². The topological polar surface area (TPSA) is 47.6 Å². The highest BCUT2D eigenvalue weighted by molar-refractivity contribution is 7.38. The Morgan fingerprint density at radius 2 is 1.50 bits per heavy atom. The van der Waals surface area contributed by atoms with Gasteiger partial charge in [-0.1, -0.05) is 0 Å². The largest absolute Gasteiger partial charge is 0.192 e. The highest BCUT2D eigenvalue weighted by Gasteiger charge is 2.05. The summed E-state index contributed by atoms with van der Waals surface area (Å²) in [6, 6.07) is 7.80. The molecule has 0 aliphatic heterocycles. The van der Waals surface area contributed by atoms with E-state index >= 15 is 0 Å². The second-order valence-electron chi connectivity index (χ2n) is 2.19. The number of fused-ring (bicyclic) bond motifs is 1. The molecule has 0 amide bonds. The molecule has 0 aliphatic carbocycles. The van der Waals surface area contributed by atoms with Crippen LogP contribution in [0.3, 0.4) is 0 Å². The van der Waals surface area contributed by atoms with Gasteiger partial charge in [-0.15, -0.1) is 22.7 Å². The zero-order valence-electron chi connectivity index (χ0n) is 5.87. The third-order valence-electron chi connectivity index (χ3n) is 1.43. The molecule has 0 aromatic carbocycles. The maximum atomic E-state index is 8.58. The number of rotatable bonds is 0. The van der Waals surface area contributed by atoms with Crippen LogP contribution in [-0.2, 0) is 0 Å². The summed E-state index contributed by atoms with van der Waals surface area (Å²) in [5.41, 5.74) is 0. The maximum absolute atomic E-state index is 8.58. The molecule has 2 nitrogen and oxygen atoms in total. The van der Waals surface area contributed by atoms with Crippen molar-refractivity contribution in [3.05, 3.63) is 21.9 Å². The van der Waals surface area contributed by atoms with Gasteiger partial charge in [0.05, 0.1) is 4.01 Å². The summed E-state index contributed by atoms with van der Waals surface area (Å²) in [5.74, 6) is 0. The molecule has 0 atom stereocenters. The molecule has 0 saturated heterocycles. The molecule has 0 N–H and O–H groups in total. The van der Waals surface area contributed by atoms with E-state index in [0.717, 1.165) is 9.40 Å². The lowest BCUT2D eigenvalue weighted by molar-refractivity contribution is 1.52. The van der Waals surface area contributed by atoms with Gasteiger partial charge in [0.15, 0.2) is 0 Å². The Kier molecular flexibility index (Phi) is 1.58. The van der Waals surface area contributed by atoms with Crippen molar-refractivity contribution >= 4 is 32.1 Å². The first-order valence-electron chi connectivity index (χ1n) is 3.17. The van der Waals surface area contributed by atoms with E-state index in [1.165, 1.54) is 22.7 Å². The fraction of sp³-hybridized carbons (Fsp3) is 0. The highest BCUT2D eigenvalue weighted by Crippen LogP contribution is 2.32. The van der Waals surface area contributed by atoms with Crippen molar-refractivity contribution in [3.63, 3.8) is 0 Å². The van der Waals surface area contributed by atoms with Crippen LogP contribution in [-0.4, -0.2) is 0 Å². The molecular weight excluding hydrogens is 188 g/mol. The standard InChI is InChI=1S/C8H2N2S2/c9-3-6-1-5-2-7(4-10)12-8(5)11-6/h1-2H. The van der Waals surface area contributed by atoms with Crippen LogP contribution in [0.4, 0.5) is 0 Å². The van der Waals surface area contributed by atoms with Gasteiger partial charge < -0.3 is 0 Å².